The topological polar surface area (TPSA) is 52.0 Å². The van der Waals surface area contributed by atoms with Crippen LogP contribution < -0.4 is 5.32 Å². The number of benzene rings is 1. The molecular weight excluding hydrogens is 216 g/mol. The standard InChI is InChI=1S/C12H16N4O/c1-10(9-17-2)14-11-5-3-4-6-12(11)16-8-7-13-15-16/h3-8,10,14H,9H2,1-2H3. The van der Waals surface area contributed by atoms with Crippen LogP contribution in [0.4, 0.5) is 5.69 Å². The first-order valence-electron chi connectivity index (χ1n) is 5.52. The van der Waals surface area contributed by atoms with Gasteiger partial charge in [-0.3, -0.25) is 0 Å². The van der Waals surface area contributed by atoms with Crippen molar-refractivity contribution in [2.75, 3.05) is 19.0 Å². The lowest BCUT2D eigenvalue weighted by molar-refractivity contribution is 0.190. The molecule has 1 atom stereocenters. The molecule has 5 heteroatoms. The molecular formula is C12H16N4O. The van der Waals surface area contributed by atoms with E-state index in [1.165, 1.54) is 0 Å². The summed E-state index contributed by atoms with van der Waals surface area (Å²) in [6, 6.07) is 8.22. The Balaban J connectivity index is 2.22. The lowest BCUT2D eigenvalue weighted by Gasteiger charge is -2.16. The van der Waals surface area contributed by atoms with Crippen molar-refractivity contribution in [2.45, 2.75) is 13.0 Å². The zero-order valence-corrected chi connectivity index (χ0v) is 10.00. The summed E-state index contributed by atoms with van der Waals surface area (Å²) in [5.41, 5.74) is 2.00. The van der Waals surface area contributed by atoms with E-state index in [0.29, 0.717) is 6.61 Å². The summed E-state index contributed by atoms with van der Waals surface area (Å²) in [5.74, 6) is 0. The first-order valence-corrected chi connectivity index (χ1v) is 5.52. The zero-order chi connectivity index (χ0) is 12.1. The number of nitrogens with zero attached hydrogens (tertiary/aromatic N) is 3. The summed E-state index contributed by atoms with van der Waals surface area (Å²) in [6.07, 6.45) is 3.48. The molecule has 1 aromatic heterocycles. The van der Waals surface area contributed by atoms with Crippen molar-refractivity contribution in [3.8, 4) is 5.69 Å². The third-order valence-electron chi connectivity index (χ3n) is 2.39. The molecule has 90 valence electrons. The second kappa shape index (κ2) is 5.45. The van der Waals surface area contributed by atoms with Gasteiger partial charge in [0.1, 0.15) is 0 Å². The minimum absolute atomic E-state index is 0.240. The normalized spacial score (nSPS) is 12.4. The Kier molecular flexibility index (Phi) is 3.72. The molecule has 0 aliphatic heterocycles. The van der Waals surface area contributed by atoms with Crippen LogP contribution in [0.3, 0.4) is 0 Å². The molecule has 0 saturated carbocycles. The van der Waals surface area contributed by atoms with E-state index in [1.807, 2.05) is 30.5 Å². The average molecular weight is 232 g/mol. The van der Waals surface area contributed by atoms with Crippen LogP contribution >= 0.6 is 0 Å². The van der Waals surface area contributed by atoms with E-state index < -0.39 is 0 Å². The second-order valence-corrected chi connectivity index (χ2v) is 3.87. The van der Waals surface area contributed by atoms with Crippen LogP contribution in [0.1, 0.15) is 6.92 Å². The molecule has 1 aromatic carbocycles. The fraction of sp³-hybridized carbons (Fsp3) is 0.333. The SMILES string of the molecule is COCC(C)Nc1ccccc1-n1ccnn1. The maximum absolute atomic E-state index is 5.11. The van der Waals surface area contributed by atoms with E-state index in [4.69, 9.17) is 4.74 Å². The van der Waals surface area contributed by atoms with Crippen molar-refractivity contribution in [3.63, 3.8) is 0 Å². The van der Waals surface area contributed by atoms with Crippen molar-refractivity contribution >= 4 is 5.69 Å². The van der Waals surface area contributed by atoms with Gasteiger partial charge in [-0.05, 0) is 19.1 Å². The Labute approximate surface area is 100 Å². The molecule has 0 spiro atoms. The number of para-hydroxylation sites is 2. The third-order valence-corrected chi connectivity index (χ3v) is 2.39. The van der Waals surface area contributed by atoms with Gasteiger partial charge in [0.2, 0.25) is 0 Å². The number of anilines is 1. The predicted octanol–water partition coefficient (Wildman–Crippen LogP) is 1.71. The molecule has 0 radical (unpaired) electrons. The number of rotatable bonds is 5. The molecule has 0 aliphatic rings. The Morgan fingerprint density at radius 3 is 2.94 bits per heavy atom. The molecule has 0 amide bonds. The monoisotopic (exact) mass is 232 g/mol. The molecule has 17 heavy (non-hydrogen) atoms. The zero-order valence-electron chi connectivity index (χ0n) is 10.00. The van der Waals surface area contributed by atoms with Crippen LogP contribution in [0, 0.1) is 0 Å². The molecule has 1 N–H and O–H groups in total. The number of hydrogen-bond acceptors (Lipinski definition) is 4. The van der Waals surface area contributed by atoms with Crippen LogP contribution in [0.2, 0.25) is 0 Å². The second-order valence-electron chi connectivity index (χ2n) is 3.87. The number of ether oxygens (including phenoxy) is 1. The van der Waals surface area contributed by atoms with Crippen molar-refractivity contribution in [1.29, 1.82) is 0 Å². The van der Waals surface area contributed by atoms with Gasteiger partial charge < -0.3 is 10.1 Å². The molecule has 5 nitrogen and oxygen atoms in total. The molecule has 0 fully saturated rings. The highest BCUT2D eigenvalue weighted by Crippen LogP contribution is 2.19. The molecule has 0 saturated heterocycles. The smallest absolute Gasteiger partial charge is 0.0894 e. The molecule has 1 unspecified atom stereocenters. The molecule has 1 heterocycles. The van der Waals surface area contributed by atoms with E-state index in [-0.39, 0.29) is 6.04 Å². The van der Waals surface area contributed by atoms with Gasteiger partial charge in [-0.2, -0.15) is 0 Å². The summed E-state index contributed by atoms with van der Waals surface area (Å²) in [6.45, 7) is 2.73. The lowest BCUT2D eigenvalue weighted by atomic mass is 10.2. The number of nitrogens with one attached hydrogen (secondary N) is 1. The maximum atomic E-state index is 5.11. The highest BCUT2D eigenvalue weighted by atomic mass is 16.5. The van der Waals surface area contributed by atoms with E-state index in [1.54, 1.807) is 18.0 Å². The van der Waals surface area contributed by atoms with Crippen molar-refractivity contribution in [3.05, 3.63) is 36.7 Å². The van der Waals surface area contributed by atoms with Gasteiger partial charge in [-0.15, -0.1) is 5.10 Å². The third kappa shape index (κ3) is 2.82. The first kappa shape index (κ1) is 11.6. The van der Waals surface area contributed by atoms with Crippen LogP contribution in [0.15, 0.2) is 36.7 Å². The molecule has 0 bridgehead atoms. The van der Waals surface area contributed by atoms with Gasteiger partial charge in [0.15, 0.2) is 0 Å². The van der Waals surface area contributed by atoms with Gasteiger partial charge in [-0.25, -0.2) is 4.68 Å². The largest absolute Gasteiger partial charge is 0.383 e. The van der Waals surface area contributed by atoms with Gasteiger partial charge >= 0.3 is 0 Å². The summed E-state index contributed by atoms with van der Waals surface area (Å²) < 4.78 is 6.85. The van der Waals surface area contributed by atoms with Crippen LogP contribution in [-0.4, -0.2) is 34.8 Å². The van der Waals surface area contributed by atoms with Gasteiger partial charge in [0.25, 0.3) is 0 Å². The molecule has 0 aliphatic carbocycles. The highest BCUT2D eigenvalue weighted by molar-refractivity contribution is 5.60. The van der Waals surface area contributed by atoms with Gasteiger partial charge in [-0.1, -0.05) is 17.3 Å². The maximum Gasteiger partial charge on any atom is 0.0894 e. The van der Waals surface area contributed by atoms with E-state index in [2.05, 4.69) is 22.6 Å². The number of hydrogen-bond donors (Lipinski definition) is 1. The van der Waals surface area contributed by atoms with Gasteiger partial charge in [0, 0.05) is 13.2 Å². The van der Waals surface area contributed by atoms with Gasteiger partial charge in [0.05, 0.1) is 30.4 Å². The number of aromatic nitrogens is 3. The quantitative estimate of drug-likeness (QED) is 0.852. The van der Waals surface area contributed by atoms with E-state index in [9.17, 15) is 0 Å². The summed E-state index contributed by atoms with van der Waals surface area (Å²) in [5, 5.41) is 11.2. The Hall–Kier alpha value is -1.88. The van der Waals surface area contributed by atoms with Crippen LogP contribution in [0.25, 0.3) is 5.69 Å². The summed E-state index contributed by atoms with van der Waals surface area (Å²) in [4.78, 5) is 0. The summed E-state index contributed by atoms with van der Waals surface area (Å²) >= 11 is 0. The van der Waals surface area contributed by atoms with E-state index in [0.717, 1.165) is 11.4 Å². The molecule has 2 rings (SSSR count). The van der Waals surface area contributed by atoms with Crippen LogP contribution in [-0.2, 0) is 4.74 Å². The van der Waals surface area contributed by atoms with Crippen molar-refractivity contribution < 1.29 is 4.74 Å². The first-order chi connectivity index (χ1) is 8.31. The minimum atomic E-state index is 0.240. The van der Waals surface area contributed by atoms with Crippen molar-refractivity contribution in [2.24, 2.45) is 0 Å². The Bertz CT molecular complexity index is 455. The van der Waals surface area contributed by atoms with E-state index >= 15 is 0 Å². The average Bonchev–Trinajstić information content (AvgIpc) is 2.83. The lowest BCUT2D eigenvalue weighted by Crippen LogP contribution is -2.21. The Morgan fingerprint density at radius 1 is 1.41 bits per heavy atom. The highest BCUT2D eigenvalue weighted by Gasteiger charge is 2.07. The molecule has 2 aromatic rings. The fourth-order valence-corrected chi connectivity index (χ4v) is 1.69. The van der Waals surface area contributed by atoms with Crippen molar-refractivity contribution in [1.82, 2.24) is 15.0 Å². The minimum Gasteiger partial charge on any atom is -0.383 e. The van der Waals surface area contributed by atoms with Crippen LogP contribution in [0.5, 0.6) is 0 Å². The predicted molar refractivity (Wildman–Crippen MR) is 66.3 cm³/mol. The summed E-state index contributed by atoms with van der Waals surface area (Å²) in [7, 11) is 1.70. The fourth-order valence-electron chi connectivity index (χ4n) is 1.69. The Morgan fingerprint density at radius 2 is 2.24 bits per heavy atom. The number of methoxy groups -OCH3 is 1.